The Hall–Kier alpha value is -1.71. The molecule has 3 N–H and O–H groups in total. The van der Waals surface area contributed by atoms with Crippen LogP contribution in [0.3, 0.4) is 0 Å². The number of hydrogen-bond acceptors (Lipinski definition) is 3. The minimum Gasteiger partial charge on any atom is -0.497 e. The Morgan fingerprint density at radius 3 is 2.22 bits per heavy atom. The van der Waals surface area contributed by atoms with Crippen LogP contribution in [-0.4, -0.2) is 19.1 Å². The maximum absolute atomic E-state index is 11.5. The normalized spacial score (nSPS) is 12.2. The highest BCUT2D eigenvalue weighted by atomic mass is 16.5. The molecular weight excluding hydrogens is 228 g/mol. The summed E-state index contributed by atoms with van der Waals surface area (Å²) in [6, 6.07) is 7.16. The monoisotopic (exact) mass is 250 g/mol. The first-order chi connectivity index (χ1) is 8.62. The van der Waals surface area contributed by atoms with Crippen LogP contribution in [0.4, 0.5) is 5.69 Å². The molecule has 0 fully saturated rings. The molecule has 0 aliphatic rings. The number of nitrogens with two attached hydrogens (primary N) is 1. The van der Waals surface area contributed by atoms with Gasteiger partial charge in [0.2, 0.25) is 5.91 Å². The molecule has 1 amide bonds. The van der Waals surface area contributed by atoms with E-state index >= 15 is 0 Å². The predicted molar refractivity (Wildman–Crippen MR) is 73.7 cm³/mol. The third-order valence-corrected chi connectivity index (χ3v) is 3.24. The molecule has 0 saturated carbocycles. The maximum atomic E-state index is 11.5. The zero-order chi connectivity index (χ0) is 13.5. The van der Waals surface area contributed by atoms with Gasteiger partial charge in [-0.2, -0.15) is 0 Å². The van der Waals surface area contributed by atoms with Crippen molar-refractivity contribution >= 4 is 11.6 Å². The van der Waals surface area contributed by atoms with E-state index in [-0.39, 0.29) is 17.9 Å². The SMILES string of the molecule is CCC(CC)C(Nc1ccc(OC)cc1)C(N)=O. The molecule has 0 spiro atoms. The van der Waals surface area contributed by atoms with E-state index in [0.29, 0.717) is 0 Å². The zero-order valence-corrected chi connectivity index (χ0v) is 11.3. The van der Waals surface area contributed by atoms with Gasteiger partial charge in [-0.1, -0.05) is 26.7 Å². The molecule has 1 aromatic rings. The van der Waals surface area contributed by atoms with Gasteiger partial charge in [-0.25, -0.2) is 0 Å². The number of carbonyl (C=O) groups excluding carboxylic acids is 1. The summed E-state index contributed by atoms with van der Waals surface area (Å²) in [6.07, 6.45) is 1.85. The molecule has 1 unspecified atom stereocenters. The van der Waals surface area contributed by atoms with E-state index in [4.69, 9.17) is 10.5 Å². The van der Waals surface area contributed by atoms with E-state index in [9.17, 15) is 4.79 Å². The van der Waals surface area contributed by atoms with Crippen LogP contribution in [0, 0.1) is 5.92 Å². The van der Waals surface area contributed by atoms with Crippen LogP contribution in [0.5, 0.6) is 5.75 Å². The molecule has 4 heteroatoms. The number of methoxy groups -OCH3 is 1. The maximum Gasteiger partial charge on any atom is 0.240 e. The predicted octanol–water partition coefficient (Wildman–Crippen LogP) is 2.40. The van der Waals surface area contributed by atoms with Crippen molar-refractivity contribution in [3.63, 3.8) is 0 Å². The van der Waals surface area contributed by atoms with E-state index in [2.05, 4.69) is 19.2 Å². The van der Waals surface area contributed by atoms with Gasteiger partial charge in [-0.05, 0) is 30.2 Å². The van der Waals surface area contributed by atoms with E-state index in [1.165, 1.54) is 0 Å². The Kier molecular flexibility index (Phi) is 5.49. The van der Waals surface area contributed by atoms with Crippen molar-refractivity contribution < 1.29 is 9.53 Å². The molecule has 1 aromatic carbocycles. The first-order valence-electron chi connectivity index (χ1n) is 6.32. The summed E-state index contributed by atoms with van der Waals surface area (Å²) in [4.78, 5) is 11.5. The summed E-state index contributed by atoms with van der Waals surface area (Å²) in [6.45, 7) is 4.14. The molecular formula is C14H22N2O2. The van der Waals surface area contributed by atoms with Crippen LogP contribution in [-0.2, 0) is 4.79 Å². The van der Waals surface area contributed by atoms with Gasteiger partial charge in [0.15, 0.2) is 0 Å². The molecule has 1 rings (SSSR count). The zero-order valence-electron chi connectivity index (χ0n) is 11.3. The highest BCUT2D eigenvalue weighted by molar-refractivity contribution is 5.83. The number of amides is 1. The second-order valence-electron chi connectivity index (χ2n) is 4.33. The summed E-state index contributed by atoms with van der Waals surface area (Å²) < 4.78 is 5.09. The molecule has 0 aliphatic heterocycles. The minimum atomic E-state index is -0.326. The molecule has 18 heavy (non-hydrogen) atoms. The Morgan fingerprint density at radius 2 is 1.83 bits per heavy atom. The van der Waals surface area contributed by atoms with Crippen molar-refractivity contribution in [3.8, 4) is 5.75 Å². The van der Waals surface area contributed by atoms with Crippen molar-refractivity contribution in [1.82, 2.24) is 0 Å². The van der Waals surface area contributed by atoms with Crippen molar-refractivity contribution in [2.75, 3.05) is 12.4 Å². The fourth-order valence-corrected chi connectivity index (χ4v) is 2.05. The smallest absolute Gasteiger partial charge is 0.240 e. The lowest BCUT2D eigenvalue weighted by atomic mass is 9.93. The van der Waals surface area contributed by atoms with E-state index < -0.39 is 0 Å². The van der Waals surface area contributed by atoms with Crippen LogP contribution >= 0.6 is 0 Å². The molecule has 0 radical (unpaired) electrons. The first-order valence-corrected chi connectivity index (χ1v) is 6.32. The summed E-state index contributed by atoms with van der Waals surface area (Å²) in [7, 11) is 1.62. The number of rotatable bonds is 7. The Balaban J connectivity index is 2.79. The van der Waals surface area contributed by atoms with Gasteiger partial charge in [0.1, 0.15) is 11.8 Å². The molecule has 0 aromatic heterocycles. The van der Waals surface area contributed by atoms with Crippen molar-refractivity contribution in [1.29, 1.82) is 0 Å². The van der Waals surface area contributed by atoms with E-state index in [1.807, 2.05) is 24.3 Å². The minimum absolute atomic E-state index is 0.254. The van der Waals surface area contributed by atoms with Gasteiger partial charge in [-0.15, -0.1) is 0 Å². The lowest BCUT2D eigenvalue weighted by Crippen LogP contribution is -2.41. The third kappa shape index (κ3) is 3.65. The Morgan fingerprint density at radius 1 is 1.28 bits per heavy atom. The largest absolute Gasteiger partial charge is 0.497 e. The summed E-state index contributed by atoms with van der Waals surface area (Å²) in [5.74, 6) is 0.739. The standard InChI is InChI=1S/C14H22N2O2/c1-4-10(5-2)13(14(15)17)16-11-6-8-12(18-3)9-7-11/h6-10,13,16H,4-5H2,1-3H3,(H2,15,17). The van der Waals surface area contributed by atoms with E-state index in [0.717, 1.165) is 24.3 Å². The number of hydrogen-bond donors (Lipinski definition) is 2. The van der Waals surface area contributed by atoms with Gasteiger partial charge in [-0.3, -0.25) is 4.79 Å². The van der Waals surface area contributed by atoms with E-state index in [1.54, 1.807) is 7.11 Å². The molecule has 4 nitrogen and oxygen atoms in total. The molecule has 0 heterocycles. The topological polar surface area (TPSA) is 64.3 Å². The van der Waals surface area contributed by atoms with Crippen molar-refractivity contribution in [2.24, 2.45) is 11.7 Å². The van der Waals surface area contributed by atoms with Gasteiger partial charge < -0.3 is 15.8 Å². The molecule has 0 bridgehead atoms. The third-order valence-electron chi connectivity index (χ3n) is 3.24. The number of anilines is 1. The van der Waals surface area contributed by atoms with Crippen molar-refractivity contribution in [2.45, 2.75) is 32.7 Å². The molecule has 0 aliphatic carbocycles. The molecule has 100 valence electrons. The number of nitrogens with one attached hydrogen (secondary N) is 1. The average Bonchev–Trinajstić information content (AvgIpc) is 2.39. The van der Waals surface area contributed by atoms with Crippen LogP contribution in [0.25, 0.3) is 0 Å². The van der Waals surface area contributed by atoms with Crippen LogP contribution in [0.15, 0.2) is 24.3 Å². The van der Waals surface area contributed by atoms with Crippen LogP contribution in [0.1, 0.15) is 26.7 Å². The Labute approximate surface area is 109 Å². The first kappa shape index (κ1) is 14.4. The number of primary amides is 1. The van der Waals surface area contributed by atoms with Gasteiger partial charge in [0.25, 0.3) is 0 Å². The second kappa shape index (κ2) is 6.89. The Bertz CT molecular complexity index is 372. The number of ether oxygens (including phenoxy) is 1. The molecule has 1 atom stereocenters. The lowest BCUT2D eigenvalue weighted by molar-refractivity contribution is -0.119. The number of benzene rings is 1. The lowest BCUT2D eigenvalue weighted by Gasteiger charge is -2.24. The fraction of sp³-hybridized carbons (Fsp3) is 0.500. The summed E-state index contributed by atoms with van der Waals surface area (Å²) >= 11 is 0. The highest BCUT2D eigenvalue weighted by Gasteiger charge is 2.23. The quantitative estimate of drug-likeness (QED) is 0.781. The van der Waals surface area contributed by atoms with Crippen LogP contribution in [0.2, 0.25) is 0 Å². The summed E-state index contributed by atoms with van der Waals surface area (Å²) in [5, 5.41) is 3.20. The second-order valence-corrected chi connectivity index (χ2v) is 4.33. The van der Waals surface area contributed by atoms with Gasteiger partial charge in [0.05, 0.1) is 7.11 Å². The van der Waals surface area contributed by atoms with Gasteiger partial charge >= 0.3 is 0 Å². The average molecular weight is 250 g/mol. The fourth-order valence-electron chi connectivity index (χ4n) is 2.05. The summed E-state index contributed by atoms with van der Waals surface area (Å²) in [5.41, 5.74) is 6.35. The van der Waals surface area contributed by atoms with Gasteiger partial charge in [0, 0.05) is 5.69 Å². The highest BCUT2D eigenvalue weighted by Crippen LogP contribution is 2.20. The molecule has 0 saturated heterocycles. The van der Waals surface area contributed by atoms with Crippen molar-refractivity contribution in [3.05, 3.63) is 24.3 Å². The number of carbonyl (C=O) groups is 1. The van der Waals surface area contributed by atoms with Crippen LogP contribution < -0.4 is 15.8 Å².